The van der Waals surface area contributed by atoms with Crippen molar-refractivity contribution in [3.05, 3.63) is 23.5 Å². The molecule has 0 spiro atoms. The number of carbonyl (C=O) groups is 1. The fourth-order valence-corrected chi connectivity index (χ4v) is 3.50. The number of amides is 1. The highest BCUT2D eigenvalue weighted by atomic mass is 32.2. The van der Waals surface area contributed by atoms with Crippen molar-refractivity contribution in [1.82, 2.24) is 10.3 Å². The highest BCUT2D eigenvalue weighted by Gasteiger charge is 2.26. The summed E-state index contributed by atoms with van der Waals surface area (Å²) in [5, 5.41) is 3.67. The Balaban J connectivity index is 2.09. The van der Waals surface area contributed by atoms with E-state index in [-0.39, 0.29) is 11.9 Å². The van der Waals surface area contributed by atoms with E-state index in [2.05, 4.69) is 16.6 Å². The zero-order chi connectivity index (χ0) is 13.8. The largest absolute Gasteiger partial charge is 0.397 e. The van der Waals surface area contributed by atoms with Gasteiger partial charge in [0.1, 0.15) is 0 Å². The number of aryl methyl sites for hydroxylation is 1. The van der Waals surface area contributed by atoms with Crippen molar-refractivity contribution in [2.45, 2.75) is 43.9 Å². The Hall–Kier alpha value is -1.23. The van der Waals surface area contributed by atoms with E-state index >= 15 is 0 Å². The molecule has 1 aliphatic carbocycles. The third kappa shape index (κ3) is 3.41. The molecule has 1 aromatic rings. The molecular formula is C14H21N3OS. The third-order valence-electron chi connectivity index (χ3n) is 3.67. The van der Waals surface area contributed by atoms with Gasteiger partial charge in [0.15, 0.2) is 0 Å². The maximum atomic E-state index is 12.3. The third-order valence-corrected chi connectivity index (χ3v) is 4.84. The van der Waals surface area contributed by atoms with Gasteiger partial charge in [-0.2, -0.15) is 11.8 Å². The van der Waals surface area contributed by atoms with E-state index < -0.39 is 0 Å². The molecule has 104 valence electrons. The Kier molecular flexibility index (Phi) is 4.69. The molecule has 1 aliphatic rings. The van der Waals surface area contributed by atoms with E-state index in [0.717, 1.165) is 12.1 Å². The summed E-state index contributed by atoms with van der Waals surface area (Å²) in [6.45, 7) is 1.83. The molecular weight excluding hydrogens is 258 g/mol. The van der Waals surface area contributed by atoms with Crippen LogP contribution in [-0.4, -0.2) is 28.4 Å². The first-order chi connectivity index (χ1) is 9.11. The normalized spacial score (nSPS) is 23.1. The topological polar surface area (TPSA) is 68.0 Å². The average molecular weight is 279 g/mol. The van der Waals surface area contributed by atoms with Crippen molar-refractivity contribution in [2.75, 3.05) is 12.0 Å². The highest BCUT2D eigenvalue weighted by molar-refractivity contribution is 7.99. The molecule has 2 atom stereocenters. The van der Waals surface area contributed by atoms with Crippen LogP contribution in [0.1, 0.15) is 41.7 Å². The molecule has 1 amide bonds. The van der Waals surface area contributed by atoms with E-state index in [1.54, 1.807) is 12.3 Å². The van der Waals surface area contributed by atoms with Crippen molar-refractivity contribution in [1.29, 1.82) is 0 Å². The van der Waals surface area contributed by atoms with Gasteiger partial charge in [0, 0.05) is 11.3 Å². The predicted octanol–water partition coefficient (Wildman–Crippen LogP) is 2.38. The Morgan fingerprint density at radius 2 is 2.21 bits per heavy atom. The summed E-state index contributed by atoms with van der Waals surface area (Å²) in [5.41, 5.74) is 7.55. The van der Waals surface area contributed by atoms with E-state index in [1.807, 2.05) is 18.7 Å². The second-order valence-corrected chi connectivity index (χ2v) is 6.12. The van der Waals surface area contributed by atoms with Crippen LogP contribution in [0.3, 0.4) is 0 Å². The van der Waals surface area contributed by atoms with Crippen LogP contribution in [-0.2, 0) is 0 Å². The first-order valence-corrected chi connectivity index (χ1v) is 7.96. The van der Waals surface area contributed by atoms with Crippen LogP contribution < -0.4 is 11.1 Å². The number of nitrogens with one attached hydrogen (secondary N) is 1. The molecule has 0 radical (unpaired) electrons. The lowest BCUT2D eigenvalue weighted by atomic mass is 9.94. The Morgan fingerprint density at radius 3 is 2.95 bits per heavy atom. The van der Waals surface area contributed by atoms with E-state index in [0.29, 0.717) is 16.5 Å². The molecule has 0 saturated heterocycles. The van der Waals surface area contributed by atoms with Gasteiger partial charge in [-0.1, -0.05) is 12.8 Å². The van der Waals surface area contributed by atoms with Gasteiger partial charge in [0.25, 0.3) is 5.91 Å². The summed E-state index contributed by atoms with van der Waals surface area (Å²) in [4.78, 5) is 16.5. The van der Waals surface area contributed by atoms with Gasteiger partial charge < -0.3 is 11.1 Å². The van der Waals surface area contributed by atoms with Crippen LogP contribution in [0.4, 0.5) is 5.69 Å². The molecule has 1 heterocycles. The molecule has 2 unspecified atom stereocenters. The molecule has 4 nitrogen and oxygen atoms in total. The monoisotopic (exact) mass is 279 g/mol. The first kappa shape index (κ1) is 14.2. The smallest absolute Gasteiger partial charge is 0.253 e. The Morgan fingerprint density at radius 1 is 1.47 bits per heavy atom. The molecule has 0 bridgehead atoms. The van der Waals surface area contributed by atoms with Crippen LogP contribution in [0.2, 0.25) is 0 Å². The van der Waals surface area contributed by atoms with Gasteiger partial charge in [-0.3, -0.25) is 9.78 Å². The zero-order valence-corrected chi connectivity index (χ0v) is 12.3. The number of aromatic nitrogens is 1. The summed E-state index contributed by atoms with van der Waals surface area (Å²) in [6.07, 6.45) is 8.39. The van der Waals surface area contributed by atoms with E-state index in [4.69, 9.17) is 5.73 Å². The van der Waals surface area contributed by atoms with Crippen LogP contribution >= 0.6 is 11.8 Å². The van der Waals surface area contributed by atoms with Gasteiger partial charge >= 0.3 is 0 Å². The lowest BCUT2D eigenvalue weighted by molar-refractivity contribution is 0.0928. The number of thioether (sulfide) groups is 1. The van der Waals surface area contributed by atoms with Crippen molar-refractivity contribution in [3.8, 4) is 0 Å². The second-order valence-electron chi connectivity index (χ2n) is 5.04. The maximum Gasteiger partial charge on any atom is 0.253 e. The fraction of sp³-hybridized carbons (Fsp3) is 0.571. The number of rotatable bonds is 3. The van der Waals surface area contributed by atoms with Crippen molar-refractivity contribution >= 4 is 23.4 Å². The van der Waals surface area contributed by atoms with Crippen molar-refractivity contribution < 1.29 is 4.79 Å². The standard InChI is InChI=1S/C14H21N3OS/c1-9-11(7-10(15)8-16-9)14(18)17-12-5-3-4-6-13(12)19-2/h7-8,12-13H,3-6,15H2,1-2H3,(H,17,18). The zero-order valence-electron chi connectivity index (χ0n) is 11.5. The number of pyridine rings is 1. The lowest BCUT2D eigenvalue weighted by Crippen LogP contribution is -2.43. The van der Waals surface area contributed by atoms with Crippen LogP contribution in [0.15, 0.2) is 12.3 Å². The quantitative estimate of drug-likeness (QED) is 0.891. The molecule has 19 heavy (non-hydrogen) atoms. The lowest BCUT2D eigenvalue weighted by Gasteiger charge is -2.31. The van der Waals surface area contributed by atoms with E-state index in [9.17, 15) is 4.79 Å². The number of hydrogen-bond donors (Lipinski definition) is 2. The molecule has 0 aromatic carbocycles. The van der Waals surface area contributed by atoms with Crippen LogP contribution in [0.25, 0.3) is 0 Å². The van der Waals surface area contributed by atoms with Gasteiger partial charge in [-0.15, -0.1) is 0 Å². The summed E-state index contributed by atoms with van der Waals surface area (Å²) in [7, 11) is 0. The van der Waals surface area contributed by atoms with E-state index in [1.165, 1.54) is 19.3 Å². The number of nitrogen functional groups attached to an aromatic ring is 1. The molecule has 1 saturated carbocycles. The predicted molar refractivity (Wildman–Crippen MR) is 80.4 cm³/mol. The molecule has 3 N–H and O–H groups in total. The number of anilines is 1. The minimum absolute atomic E-state index is 0.0525. The van der Waals surface area contributed by atoms with Gasteiger partial charge in [-0.25, -0.2) is 0 Å². The Bertz CT molecular complexity index is 464. The van der Waals surface area contributed by atoms with Crippen LogP contribution in [0, 0.1) is 6.92 Å². The maximum absolute atomic E-state index is 12.3. The number of hydrogen-bond acceptors (Lipinski definition) is 4. The second kappa shape index (κ2) is 6.28. The summed E-state index contributed by atoms with van der Waals surface area (Å²) in [5.74, 6) is -0.0525. The summed E-state index contributed by atoms with van der Waals surface area (Å²) in [6, 6.07) is 1.96. The van der Waals surface area contributed by atoms with Gasteiger partial charge in [-0.05, 0) is 32.1 Å². The molecule has 0 aliphatic heterocycles. The van der Waals surface area contributed by atoms with Crippen molar-refractivity contribution in [2.24, 2.45) is 0 Å². The average Bonchev–Trinajstić information content (AvgIpc) is 2.42. The molecule has 1 aromatic heterocycles. The molecule has 1 fully saturated rings. The Labute approximate surface area is 118 Å². The van der Waals surface area contributed by atoms with Crippen LogP contribution in [0.5, 0.6) is 0 Å². The SMILES string of the molecule is CSC1CCCCC1NC(=O)c1cc(N)cnc1C. The summed E-state index contributed by atoms with van der Waals surface area (Å²) < 4.78 is 0. The number of carbonyl (C=O) groups excluding carboxylic acids is 1. The van der Waals surface area contributed by atoms with Gasteiger partial charge in [0.2, 0.25) is 0 Å². The minimum Gasteiger partial charge on any atom is -0.397 e. The first-order valence-electron chi connectivity index (χ1n) is 6.67. The number of nitrogens with two attached hydrogens (primary N) is 1. The fourth-order valence-electron chi connectivity index (χ4n) is 2.57. The molecule has 2 rings (SSSR count). The number of nitrogens with zero attached hydrogens (tertiary/aromatic N) is 1. The summed E-state index contributed by atoms with van der Waals surface area (Å²) >= 11 is 1.84. The van der Waals surface area contributed by atoms with Gasteiger partial charge in [0.05, 0.1) is 23.1 Å². The highest BCUT2D eigenvalue weighted by Crippen LogP contribution is 2.27. The molecule has 5 heteroatoms. The van der Waals surface area contributed by atoms with Crippen molar-refractivity contribution in [3.63, 3.8) is 0 Å². The minimum atomic E-state index is -0.0525.